The lowest BCUT2D eigenvalue weighted by Crippen LogP contribution is -2.37. The maximum atomic E-state index is 12.2. The molecule has 190 valence electrons. The van der Waals surface area contributed by atoms with Crippen LogP contribution >= 0.6 is 11.3 Å². The summed E-state index contributed by atoms with van der Waals surface area (Å²) >= 11 is 1.65. The molecule has 1 aliphatic carbocycles. The molecule has 2 amide bonds. The number of amides is 2. The molecule has 3 aliphatic rings. The lowest BCUT2D eigenvalue weighted by Gasteiger charge is -2.28. The van der Waals surface area contributed by atoms with Crippen LogP contribution in [0.5, 0.6) is 0 Å². The van der Waals surface area contributed by atoms with Gasteiger partial charge in [0.05, 0.1) is 5.69 Å². The fourth-order valence-corrected chi connectivity index (χ4v) is 5.89. The highest BCUT2D eigenvalue weighted by atomic mass is 32.1. The number of benzene rings is 1. The third-order valence-corrected chi connectivity index (χ3v) is 7.86. The standard InChI is InChI=1S/C28H34N4O3S/c29-28(33)32(24-21-36-26-12-5-4-11-23(24)26)16-7-6-13-30-14-8-15-31(18-17-30)27-20-34-19-25(35-27)22-9-2-1-3-10-22/h1-2,4-5,9,11-12,19-21H,3,6-8,10,13-18H2,(H2,29,33). The maximum absolute atomic E-state index is 12.2. The molecular formula is C28H34N4O3S. The van der Waals surface area contributed by atoms with Gasteiger partial charge in [0.25, 0.3) is 0 Å². The number of nitrogens with zero attached hydrogens (tertiary/aromatic N) is 3. The lowest BCUT2D eigenvalue weighted by molar-refractivity contribution is 0.127. The molecule has 1 aromatic heterocycles. The summed E-state index contributed by atoms with van der Waals surface area (Å²) in [5.41, 5.74) is 7.85. The molecule has 8 heteroatoms. The Hall–Kier alpha value is -3.23. The topological polar surface area (TPSA) is 71.3 Å². The van der Waals surface area contributed by atoms with Crippen LogP contribution in [0.2, 0.25) is 0 Å². The minimum Gasteiger partial charge on any atom is -0.463 e. The molecule has 3 heterocycles. The van der Waals surface area contributed by atoms with Gasteiger partial charge in [-0.25, -0.2) is 4.79 Å². The number of unbranched alkanes of at least 4 members (excludes halogenated alkanes) is 1. The van der Waals surface area contributed by atoms with E-state index in [1.165, 1.54) is 10.3 Å². The number of anilines is 1. The predicted molar refractivity (Wildman–Crippen MR) is 145 cm³/mol. The molecule has 0 saturated carbocycles. The average Bonchev–Trinajstić information content (AvgIpc) is 3.19. The highest BCUT2D eigenvalue weighted by molar-refractivity contribution is 7.17. The average molecular weight is 507 g/mol. The number of allylic oxidation sites excluding steroid dienone is 4. The maximum Gasteiger partial charge on any atom is 0.319 e. The van der Waals surface area contributed by atoms with Gasteiger partial charge in [-0.3, -0.25) is 4.90 Å². The van der Waals surface area contributed by atoms with Crippen LogP contribution in [0.1, 0.15) is 32.1 Å². The number of nitrogens with two attached hydrogens (primary N) is 1. The Kier molecular flexibility index (Phi) is 7.93. The summed E-state index contributed by atoms with van der Waals surface area (Å²) < 4.78 is 13.0. The van der Waals surface area contributed by atoms with E-state index in [1.807, 2.05) is 17.5 Å². The van der Waals surface area contributed by atoms with Gasteiger partial charge in [-0.2, -0.15) is 0 Å². The first-order valence-corrected chi connectivity index (χ1v) is 13.7. The van der Waals surface area contributed by atoms with Crippen LogP contribution in [0.25, 0.3) is 10.1 Å². The second-order valence-corrected chi connectivity index (χ2v) is 10.2. The smallest absolute Gasteiger partial charge is 0.319 e. The Morgan fingerprint density at radius 1 is 1.11 bits per heavy atom. The summed E-state index contributed by atoms with van der Waals surface area (Å²) in [6, 6.07) is 7.76. The van der Waals surface area contributed by atoms with E-state index in [2.05, 4.69) is 40.2 Å². The Bertz CT molecular complexity index is 1200. The van der Waals surface area contributed by atoms with Crippen LogP contribution in [0.3, 0.4) is 0 Å². The van der Waals surface area contributed by atoms with Crippen LogP contribution in [-0.2, 0) is 9.47 Å². The fraction of sp³-hybridized carbons (Fsp3) is 0.393. The summed E-state index contributed by atoms with van der Waals surface area (Å²) in [4.78, 5) is 18.7. The normalized spacial score (nSPS) is 18.6. The summed E-state index contributed by atoms with van der Waals surface area (Å²) in [6.07, 6.45) is 14.8. The lowest BCUT2D eigenvalue weighted by atomic mass is 10.0. The highest BCUT2D eigenvalue weighted by Crippen LogP contribution is 2.33. The van der Waals surface area contributed by atoms with Crippen molar-refractivity contribution in [2.24, 2.45) is 5.73 Å². The van der Waals surface area contributed by atoms with Crippen molar-refractivity contribution in [3.05, 3.63) is 77.6 Å². The molecule has 1 saturated heterocycles. The Labute approximate surface area is 216 Å². The Morgan fingerprint density at radius 2 is 2.03 bits per heavy atom. The summed E-state index contributed by atoms with van der Waals surface area (Å²) in [5.74, 6) is 1.61. The van der Waals surface area contributed by atoms with Crippen LogP contribution in [0.4, 0.5) is 10.5 Å². The number of fused-ring (bicyclic) bond motifs is 1. The van der Waals surface area contributed by atoms with Crippen molar-refractivity contribution in [1.29, 1.82) is 0 Å². The SMILES string of the molecule is NC(=O)N(CCCCN1CCCN(C2=COC=C(C3=CC=CCC3)O2)CC1)c1csc2ccccc12. The molecule has 1 aromatic carbocycles. The van der Waals surface area contributed by atoms with Crippen LogP contribution in [0.15, 0.2) is 77.6 Å². The molecule has 0 bridgehead atoms. The van der Waals surface area contributed by atoms with E-state index in [4.69, 9.17) is 15.2 Å². The fourth-order valence-electron chi connectivity index (χ4n) is 4.95. The molecule has 1 fully saturated rings. The summed E-state index contributed by atoms with van der Waals surface area (Å²) in [5, 5.41) is 3.12. The van der Waals surface area contributed by atoms with Crippen molar-refractivity contribution in [3.8, 4) is 0 Å². The zero-order chi connectivity index (χ0) is 24.7. The van der Waals surface area contributed by atoms with Crippen molar-refractivity contribution in [2.75, 3.05) is 44.2 Å². The third kappa shape index (κ3) is 5.77. The molecular weight excluding hydrogens is 472 g/mol. The van der Waals surface area contributed by atoms with Gasteiger partial charge in [-0.15, -0.1) is 11.3 Å². The first-order valence-electron chi connectivity index (χ1n) is 12.8. The van der Waals surface area contributed by atoms with Crippen molar-refractivity contribution < 1.29 is 14.3 Å². The number of carbonyl (C=O) groups excluding carboxylic acids is 1. The van der Waals surface area contributed by atoms with Crippen molar-refractivity contribution in [2.45, 2.75) is 32.1 Å². The van der Waals surface area contributed by atoms with Gasteiger partial charge in [-0.1, -0.05) is 36.4 Å². The van der Waals surface area contributed by atoms with E-state index in [9.17, 15) is 4.79 Å². The molecule has 7 nitrogen and oxygen atoms in total. The van der Waals surface area contributed by atoms with Crippen molar-refractivity contribution in [3.63, 3.8) is 0 Å². The third-order valence-electron chi connectivity index (χ3n) is 6.91. The molecule has 0 unspecified atom stereocenters. The molecule has 2 aromatic rings. The molecule has 5 rings (SSSR count). The van der Waals surface area contributed by atoms with Gasteiger partial charge in [0, 0.05) is 41.6 Å². The first-order chi connectivity index (χ1) is 17.7. The highest BCUT2D eigenvalue weighted by Gasteiger charge is 2.23. The van der Waals surface area contributed by atoms with E-state index in [1.54, 1.807) is 28.8 Å². The molecule has 2 aliphatic heterocycles. The van der Waals surface area contributed by atoms with Gasteiger partial charge in [-0.05, 0) is 56.8 Å². The molecule has 2 N–H and O–H groups in total. The van der Waals surface area contributed by atoms with Gasteiger partial charge in [0.1, 0.15) is 6.26 Å². The van der Waals surface area contributed by atoms with Gasteiger partial charge in [0.15, 0.2) is 12.0 Å². The van der Waals surface area contributed by atoms with Gasteiger partial charge < -0.3 is 25.0 Å². The van der Waals surface area contributed by atoms with E-state index in [0.717, 1.165) is 87.5 Å². The first kappa shape index (κ1) is 24.5. The van der Waals surface area contributed by atoms with Crippen molar-refractivity contribution in [1.82, 2.24) is 9.80 Å². The number of carbonyl (C=O) groups is 1. The minimum atomic E-state index is -0.389. The van der Waals surface area contributed by atoms with Gasteiger partial charge >= 0.3 is 6.03 Å². The molecule has 0 atom stereocenters. The monoisotopic (exact) mass is 506 g/mol. The second kappa shape index (κ2) is 11.7. The van der Waals surface area contributed by atoms with E-state index in [0.29, 0.717) is 6.54 Å². The number of thiophene rings is 1. The molecule has 36 heavy (non-hydrogen) atoms. The van der Waals surface area contributed by atoms with Crippen LogP contribution < -0.4 is 10.6 Å². The van der Waals surface area contributed by atoms with Crippen LogP contribution in [0, 0.1) is 0 Å². The number of rotatable bonds is 8. The number of ether oxygens (including phenoxy) is 2. The predicted octanol–water partition coefficient (Wildman–Crippen LogP) is 5.54. The second-order valence-electron chi connectivity index (χ2n) is 9.33. The largest absolute Gasteiger partial charge is 0.463 e. The summed E-state index contributed by atoms with van der Waals surface area (Å²) in [6.45, 7) is 5.51. The van der Waals surface area contributed by atoms with E-state index < -0.39 is 0 Å². The Balaban J connectivity index is 1.09. The zero-order valence-electron chi connectivity index (χ0n) is 20.6. The van der Waals surface area contributed by atoms with E-state index in [-0.39, 0.29) is 6.03 Å². The van der Waals surface area contributed by atoms with Crippen LogP contribution in [-0.4, -0.2) is 55.1 Å². The number of urea groups is 1. The number of hydrogen-bond acceptors (Lipinski definition) is 6. The van der Waals surface area contributed by atoms with Gasteiger partial charge in [0.2, 0.25) is 5.88 Å². The zero-order valence-corrected chi connectivity index (χ0v) is 21.4. The minimum absolute atomic E-state index is 0.389. The van der Waals surface area contributed by atoms with E-state index >= 15 is 0 Å². The quantitative estimate of drug-likeness (QED) is 0.476. The number of hydrogen-bond donors (Lipinski definition) is 1. The Morgan fingerprint density at radius 3 is 2.89 bits per heavy atom. The van der Waals surface area contributed by atoms with Crippen molar-refractivity contribution >= 4 is 33.1 Å². The number of primary amides is 1. The molecule has 0 spiro atoms. The molecule has 0 radical (unpaired) electrons. The summed E-state index contributed by atoms with van der Waals surface area (Å²) in [7, 11) is 0.